The summed E-state index contributed by atoms with van der Waals surface area (Å²) < 4.78 is 0. The minimum absolute atomic E-state index is 0.225. The van der Waals surface area contributed by atoms with Crippen LogP contribution in [0.25, 0.3) is 0 Å². The number of carbonyl (C=O) groups excluding carboxylic acids is 1. The number of carboxylic acids is 1. The van der Waals surface area contributed by atoms with E-state index >= 15 is 0 Å². The zero-order valence-corrected chi connectivity index (χ0v) is 9.38. The highest BCUT2D eigenvalue weighted by atomic mass is 16.4. The largest absolute Gasteiger partial charge is 0.478 e. The third-order valence-corrected chi connectivity index (χ3v) is 2.17. The van der Waals surface area contributed by atoms with Crippen molar-refractivity contribution in [3.05, 3.63) is 11.6 Å². The van der Waals surface area contributed by atoms with Gasteiger partial charge < -0.3 is 10.4 Å². The van der Waals surface area contributed by atoms with Gasteiger partial charge in [0.25, 0.3) is 0 Å². The fraction of sp³-hybridized carbons (Fsp3) is 0.636. The summed E-state index contributed by atoms with van der Waals surface area (Å²) in [6.07, 6.45) is 5.73. The maximum atomic E-state index is 10.6. The second kappa shape index (κ2) is 8.03. The molecule has 1 rings (SSSR count). The Morgan fingerprint density at radius 3 is 2.53 bits per heavy atom. The Kier molecular flexibility index (Phi) is 7.32. The smallest absolute Gasteiger partial charge is 0.330 e. The van der Waals surface area contributed by atoms with Crippen LogP contribution >= 0.6 is 0 Å². The summed E-state index contributed by atoms with van der Waals surface area (Å²) in [7, 11) is 0. The molecule has 2 N–H and O–H groups in total. The van der Waals surface area contributed by atoms with Crippen molar-refractivity contribution in [2.45, 2.75) is 39.5 Å². The molecular formula is C11H19NO3. The molecule has 86 valence electrons. The number of aliphatic carboxylic acids is 1. The topological polar surface area (TPSA) is 66.4 Å². The van der Waals surface area contributed by atoms with Crippen molar-refractivity contribution in [2.75, 3.05) is 6.54 Å². The predicted octanol–water partition coefficient (Wildman–Crippen LogP) is 1.71. The number of rotatable bonds is 1. The Morgan fingerprint density at radius 2 is 2.07 bits per heavy atom. The zero-order valence-electron chi connectivity index (χ0n) is 9.38. The number of carboxylic acid groups (broad SMARTS) is 1. The molecule has 1 aliphatic rings. The lowest BCUT2D eigenvalue weighted by Crippen LogP contribution is -2.21. The van der Waals surface area contributed by atoms with Crippen LogP contribution in [-0.2, 0) is 9.59 Å². The molecule has 1 heterocycles. The third-order valence-electron chi connectivity index (χ3n) is 2.17. The monoisotopic (exact) mass is 213 g/mol. The average Bonchev–Trinajstić information content (AvgIpc) is 2.45. The van der Waals surface area contributed by atoms with E-state index in [1.807, 2.05) is 0 Å². The maximum Gasteiger partial charge on any atom is 0.330 e. The Bertz CT molecular complexity index is 236. The number of hydrogen-bond acceptors (Lipinski definition) is 2. The van der Waals surface area contributed by atoms with E-state index in [-0.39, 0.29) is 5.91 Å². The Balaban J connectivity index is 0.000000265. The number of hydrogen-bond donors (Lipinski definition) is 2. The van der Waals surface area contributed by atoms with Crippen LogP contribution in [-0.4, -0.2) is 23.5 Å². The molecule has 4 nitrogen and oxygen atoms in total. The highest BCUT2D eigenvalue weighted by Crippen LogP contribution is 2.02. The van der Waals surface area contributed by atoms with Crippen molar-refractivity contribution in [1.29, 1.82) is 0 Å². The molecule has 0 bridgehead atoms. The summed E-state index contributed by atoms with van der Waals surface area (Å²) >= 11 is 0. The SMILES string of the molecule is CC=C(C)C(=O)O.O=C1CCCCCN1. The van der Waals surface area contributed by atoms with Gasteiger partial charge >= 0.3 is 5.97 Å². The lowest BCUT2D eigenvalue weighted by Gasteiger charge is -1.93. The van der Waals surface area contributed by atoms with Crippen LogP contribution in [0.2, 0.25) is 0 Å². The lowest BCUT2D eigenvalue weighted by atomic mass is 10.2. The normalized spacial score (nSPS) is 16.9. The van der Waals surface area contributed by atoms with Gasteiger partial charge in [-0.1, -0.05) is 12.5 Å². The molecule has 0 aliphatic carbocycles. The third kappa shape index (κ3) is 7.73. The molecule has 0 aromatic rings. The standard InChI is InChI=1S/C6H11NO.C5H8O2/c8-6-4-2-1-3-5-7-6;1-3-4(2)5(6)7/h1-5H2,(H,7,8);3H,1-2H3,(H,6,7). The first-order valence-electron chi connectivity index (χ1n) is 5.20. The molecule has 0 saturated carbocycles. The van der Waals surface area contributed by atoms with Crippen LogP contribution in [0.4, 0.5) is 0 Å². The van der Waals surface area contributed by atoms with E-state index in [1.54, 1.807) is 19.9 Å². The molecule has 4 heteroatoms. The fourth-order valence-corrected chi connectivity index (χ4v) is 1.03. The van der Waals surface area contributed by atoms with Gasteiger partial charge in [-0.05, 0) is 26.7 Å². The molecule has 1 aliphatic heterocycles. The van der Waals surface area contributed by atoms with Gasteiger partial charge in [0, 0.05) is 18.5 Å². The summed E-state index contributed by atoms with van der Waals surface area (Å²) in [4.78, 5) is 20.4. The fourth-order valence-electron chi connectivity index (χ4n) is 1.03. The first-order valence-corrected chi connectivity index (χ1v) is 5.20. The minimum atomic E-state index is -0.845. The number of nitrogens with one attached hydrogen (secondary N) is 1. The quantitative estimate of drug-likeness (QED) is 0.652. The van der Waals surface area contributed by atoms with Gasteiger partial charge in [-0.15, -0.1) is 0 Å². The lowest BCUT2D eigenvalue weighted by molar-refractivity contribution is -0.132. The van der Waals surface area contributed by atoms with E-state index in [0.717, 1.165) is 25.8 Å². The van der Waals surface area contributed by atoms with Gasteiger partial charge in [0.1, 0.15) is 0 Å². The van der Waals surface area contributed by atoms with Crippen LogP contribution in [0.1, 0.15) is 39.5 Å². The van der Waals surface area contributed by atoms with Crippen molar-refractivity contribution in [2.24, 2.45) is 0 Å². The van der Waals surface area contributed by atoms with Crippen molar-refractivity contribution in [3.63, 3.8) is 0 Å². The summed E-state index contributed by atoms with van der Waals surface area (Å²) in [5, 5.41) is 10.9. The Morgan fingerprint density at radius 1 is 1.40 bits per heavy atom. The van der Waals surface area contributed by atoms with Gasteiger partial charge in [-0.2, -0.15) is 0 Å². The first-order chi connectivity index (χ1) is 7.07. The molecule has 1 fully saturated rings. The van der Waals surface area contributed by atoms with E-state index in [2.05, 4.69) is 5.32 Å². The maximum absolute atomic E-state index is 10.6. The molecule has 0 aromatic carbocycles. The first kappa shape index (κ1) is 13.7. The zero-order chi connectivity index (χ0) is 11.7. The number of carbonyl (C=O) groups is 2. The van der Waals surface area contributed by atoms with E-state index in [1.165, 1.54) is 6.42 Å². The second-order valence-corrected chi connectivity index (χ2v) is 3.44. The summed E-state index contributed by atoms with van der Waals surface area (Å²) in [5.74, 6) is -0.620. The van der Waals surface area contributed by atoms with Crippen molar-refractivity contribution < 1.29 is 14.7 Å². The van der Waals surface area contributed by atoms with Crippen molar-refractivity contribution >= 4 is 11.9 Å². The van der Waals surface area contributed by atoms with Crippen LogP contribution in [0.15, 0.2) is 11.6 Å². The average molecular weight is 213 g/mol. The highest BCUT2D eigenvalue weighted by molar-refractivity contribution is 5.85. The van der Waals surface area contributed by atoms with Gasteiger partial charge in [0.05, 0.1) is 0 Å². The minimum Gasteiger partial charge on any atom is -0.478 e. The molecule has 0 radical (unpaired) electrons. The predicted molar refractivity (Wildman–Crippen MR) is 58.5 cm³/mol. The van der Waals surface area contributed by atoms with E-state index in [4.69, 9.17) is 5.11 Å². The van der Waals surface area contributed by atoms with Crippen LogP contribution in [0, 0.1) is 0 Å². The molecule has 1 amide bonds. The molecule has 1 saturated heterocycles. The molecule has 0 unspecified atom stereocenters. The van der Waals surface area contributed by atoms with Gasteiger partial charge in [-0.3, -0.25) is 4.79 Å². The Hall–Kier alpha value is -1.32. The van der Waals surface area contributed by atoms with E-state index in [0.29, 0.717) is 5.57 Å². The molecular weight excluding hydrogens is 194 g/mol. The van der Waals surface area contributed by atoms with Crippen molar-refractivity contribution in [1.82, 2.24) is 5.32 Å². The number of amides is 1. The second-order valence-electron chi connectivity index (χ2n) is 3.44. The van der Waals surface area contributed by atoms with Gasteiger partial charge in [-0.25, -0.2) is 4.79 Å². The molecule has 0 spiro atoms. The summed E-state index contributed by atoms with van der Waals surface area (Å²) in [6.45, 7) is 4.14. The molecule has 0 aromatic heterocycles. The van der Waals surface area contributed by atoms with Gasteiger partial charge in [0.15, 0.2) is 0 Å². The van der Waals surface area contributed by atoms with Crippen LogP contribution < -0.4 is 5.32 Å². The van der Waals surface area contributed by atoms with Crippen LogP contribution in [0.3, 0.4) is 0 Å². The van der Waals surface area contributed by atoms with E-state index in [9.17, 15) is 9.59 Å². The van der Waals surface area contributed by atoms with E-state index < -0.39 is 5.97 Å². The van der Waals surface area contributed by atoms with Gasteiger partial charge in [0.2, 0.25) is 5.91 Å². The van der Waals surface area contributed by atoms with Crippen LogP contribution in [0.5, 0.6) is 0 Å². The highest BCUT2D eigenvalue weighted by Gasteiger charge is 2.03. The molecule has 15 heavy (non-hydrogen) atoms. The summed E-state index contributed by atoms with van der Waals surface area (Å²) in [6, 6.07) is 0. The summed E-state index contributed by atoms with van der Waals surface area (Å²) in [5.41, 5.74) is 0.389. The molecule has 0 atom stereocenters. The number of allylic oxidation sites excluding steroid dienone is 1. The van der Waals surface area contributed by atoms with Crippen molar-refractivity contribution in [3.8, 4) is 0 Å². The Labute approximate surface area is 90.4 Å².